The van der Waals surface area contributed by atoms with Gasteiger partial charge in [0.25, 0.3) is 0 Å². The summed E-state index contributed by atoms with van der Waals surface area (Å²) in [6, 6.07) is 16.9. The van der Waals surface area contributed by atoms with Crippen molar-refractivity contribution >= 4 is 13.8 Å². The minimum absolute atomic E-state index is 0.193. The summed E-state index contributed by atoms with van der Waals surface area (Å²) in [5, 5.41) is 0. The van der Waals surface area contributed by atoms with Crippen molar-refractivity contribution in [2.45, 2.75) is 20.1 Å². The fourth-order valence-electron chi connectivity index (χ4n) is 1.74. The van der Waals surface area contributed by atoms with Gasteiger partial charge in [0.2, 0.25) is 6.29 Å². The smallest absolute Gasteiger partial charge is 0.432 e. The highest BCUT2D eigenvalue weighted by molar-refractivity contribution is 7.49. The van der Waals surface area contributed by atoms with Crippen LogP contribution in [0.5, 0.6) is 11.5 Å². The summed E-state index contributed by atoms with van der Waals surface area (Å²) in [4.78, 5) is 11.6. The molecule has 1 unspecified atom stereocenters. The van der Waals surface area contributed by atoms with E-state index in [0.29, 0.717) is 11.5 Å². The second-order valence-corrected chi connectivity index (χ2v) is 6.58. The predicted molar refractivity (Wildman–Crippen MR) is 93.2 cm³/mol. The summed E-state index contributed by atoms with van der Waals surface area (Å²) in [5.41, 5.74) is 0.193. The number of para-hydroxylation sites is 2. The van der Waals surface area contributed by atoms with Crippen molar-refractivity contribution < 1.29 is 27.7 Å². The maximum Gasteiger partial charge on any atom is 0.590 e. The third-order valence-electron chi connectivity index (χ3n) is 2.82. The minimum atomic E-state index is -4.11. The molecular formula is C18H19O6P. The zero-order chi connectivity index (χ0) is 18.3. The number of carbonyl (C=O) groups excluding carboxylic acids is 1. The van der Waals surface area contributed by atoms with E-state index >= 15 is 0 Å². The van der Waals surface area contributed by atoms with Crippen LogP contribution in [0, 0.1) is 0 Å². The van der Waals surface area contributed by atoms with Crippen molar-refractivity contribution in [3.63, 3.8) is 0 Å². The summed E-state index contributed by atoms with van der Waals surface area (Å²) < 4.78 is 34.1. The second-order valence-electron chi connectivity index (χ2n) is 5.11. The number of benzene rings is 2. The molecule has 0 bridgehead atoms. The molecule has 0 spiro atoms. The molecule has 2 aromatic carbocycles. The normalized spacial score (nSPS) is 12.1. The first-order chi connectivity index (χ1) is 11.9. The molecule has 0 N–H and O–H groups in total. The lowest BCUT2D eigenvalue weighted by atomic mass is 10.3. The van der Waals surface area contributed by atoms with E-state index in [1.54, 1.807) is 60.7 Å². The van der Waals surface area contributed by atoms with E-state index in [4.69, 9.17) is 18.3 Å². The lowest BCUT2D eigenvalue weighted by molar-refractivity contribution is -0.157. The van der Waals surface area contributed by atoms with Gasteiger partial charge in [0, 0.05) is 5.57 Å². The number of phosphoric acid groups is 1. The van der Waals surface area contributed by atoms with Gasteiger partial charge in [-0.3, -0.25) is 0 Å². The van der Waals surface area contributed by atoms with Gasteiger partial charge in [0.1, 0.15) is 11.5 Å². The van der Waals surface area contributed by atoms with E-state index in [1.807, 2.05) is 0 Å². The van der Waals surface area contributed by atoms with Gasteiger partial charge in [0.15, 0.2) is 0 Å². The van der Waals surface area contributed by atoms with Crippen LogP contribution in [0.2, 0.25) is 0 Å². The van der Waals surface area contributed by atoms with E-state index in [-0.39, 0.29) is 5.57 Å². The van der Waals surface area contributed by atoms with E-state index in [2.05, 4.69) is 6.58 Å². The lowest BCUT2D eigenvalue weighted by Crippen LogP contribution is -2.20. The molecule has 0 aliphatic carbocycles. The van der Waals surface area contributed by atoms with Crippen LogP contribution in [0.1, 0.15) is 13.8 Å². The van der Waals surface area contributed by atoms with Crippen LogP contribution in [0.25, 0.3) is 0 Å². The van der Waals surface area contributed by atoms with E-state index < -0.39 is 20.1 Å². The summed E-state index contributed by atoms with van der Waals surface area (Å²) in [6.45, 7) is 6.39. The molecule has 0 fully saturated rings. The maximum atomic E-state index is 13.0. The third kappa shape index (κ3) is 6.10. The van der Waals surface area contributed by atoms with Gasteiger partial charge in [-0.05, 0) is 38.1 Å². The molecule has 7 heteroatoms. The standard InChI is InChI=1S/C18H19O6P/c1-14(2)18(19)21-15(3)22-25(20,23-16-10-6-4-7-11-16)24-17-12-8-5-9-13-17/h4-13,15H,1H2,2-3H3. The quantitative estimate of drug-likeness (QED) is 0.292. The summed E-state index contributed by atoms with van der Waals surface area (Å²) in [5.74, 6) is -0.0844. The van der Waals surface area contributed by atoms with Crippen molar-refractivity contribution in [2.24, 2.45) is 0 Å². The van der Waals surface area contributed by atoms with Gasteiger partial charge in [-0.1, -0.05) is 43.0 Å². The molecule has 0 radical (unpaired) electrons. The first-order valence-corrected chi connectivity index (χ1v) is 8.98. The first kappa shape index (κ1) is 18.8. The highest BCUT2D eigenvalue weighted by atomic mass is 31.2. The second kappa shape index (κ2) is 8.51. The SMILES string of the molecule is C=C(C)C(=O)OC(C)OP(=O)(Oc1ccccc1)Oc1ccccc1. The molecule has 0 heterocycles. The maximum absolute atomic E-state index is 13.0. The van der Waals surface area contributed by atoms with Gasteiger partial charge in [-0.25, -0.2) is 13.9 Å². The van der Waals surface area contributed by atoms with Crippen LogP contribution in [0.4, 0.5) is 0 Å². The predicted octanol–water partition coefficient (Wildman–Crippen LogP) is 4.73. The molecule has 1 atom stereocenters. The number of phosphoric ester groups is 1. The number of hydrogen-bond donors (Lipinski definition) is 0. The average Bonchev–Trinajstić information content (AvgIpc) is 2.55. The Balaban J connectivity index is 2.17. The number of rotatable bonds is 8. The Morgan fingerprint density at radius 1 is 0.960 bits per heavy atom. The lowest BCUT2D eigenvalue weighted by Gasteiger charge is -2.22. The van der Waals surface area contributed by atoms with Crippen LogP contribution in [0.3, 0.4) is 0 Å². The minimum Gasteiger partial charge on any atom is -0.432 e. The highest BCUT2D eigenvalue weighted by Gasteiger charge is 2.34. The molecule has 0 aromatic heterocycles. The van der Waals surface area contributed by atoms with E-state index in [1.165, 1.54) is 13.8 Å². The topological polar surface area (TPSA) is 71.1 Å². The van der Waals surface area contributed by atoms with Crippen LogP contribution >= 0.6 is 7.82 Å². The van der Waals surface area contributed by atoms with Crippen molar-refractivity contribution in [1.29, 1.82) is 0 Å². The van der Waals surface area contributed by atoms with Gasteiger partial charge in [0.05, 0.1) is 0 Å². The van der Waals surface area contributed by atoms with Crippen LogP contribution in [-0.2, 0) is 18.6 Å². The molecule has 0 saturated heterocycles. The summed E-state index contributed by atoms with van der Waals surface area (Å²) in [6.07, 6.45) is -1.16. The molecule has 0 saturated carbocycles. The Morgan fingerprint density at radius 3 is 1.80 bits per heavy atom. The largest absolute Gasteiger partial charge is 0.590 e. The van der Waals surface area contributed by atoms with Gasteiger partial charge >= 0.3 is 13.8 Å². The van der Waals surface area contributed by atoms with Crippen molar-refractivity contribution in [1.82, 2.24) is 0 Å². The number of hydrogen-bond acceptors (Lipinski definition) is 6. The van der Waals surface area contributed by atoms with Crippen LogP contribution < -0.4 is 9.05 Å². The first-order valence-electron chi connectivity index (χ1n) is 7.52. The molecule has 25 heavy (non-hydrogen) atoms. The molecule has 2 rings (SSSR count). The number of carbonyl (C=O) groups is 1. The Labute approximate surface area is 146 Å². The average molecular weight is 362 g/mol. The van der Waals surface area contributed by atoms with Crippen LogP contribution in [0.15, 0.2) is 72.8 Å². The molecule has 2 aromatic rings. The van der Waals surface area contributed by atoms with Gasteiger partial charge in [-0.2, -0.15) is 0 Å². The highest BCUT2D eigenvalue weighted by Crippen LogP contribution is 2.50. The Hall–Kier alpha value is -2.56. The number of esters is 1. The molecule has 0 aliphatic rings. The number of ether oxygens (including phenoxy) is 1. The Kier molecular flexibility index (Phi) is 6.39. The zero-order valence-electron chi connectivity index (χ0n) is 14.0. The fourth-order valence-corrected chi connectivity index (χ4v) is 3.03. The molecule has 0 amide bonds. The summed E-state index contributed by atoms with van der Waals surface area (Å²) >= 11 is 0. The van der Waals surface area contributed by atoms with Gasteiger partial charge in [-0.15, -0.1) is 0 Å². The molecule has 6 nitrogen and oxygen atoms in total. The summed E-state index contributed by atoms with van der Waals surface area (Å²) in [7, 11) is -4.11. The molecule has 0 aliphatic heterocycles. The van der Waals surface area contributed by atoms with E-state index in [9.17, 15) is 9.36 Å². The Bertz CT molecular complexity index is 714. The molecule has 132 valence electrons. The zero-order valence-corrected chi connectivity index (χ0v) is 14.8. The third-order valence-corrected chi connectivity index (χ3v) is 4.24. The van der Waals surface area contributed by atoms with E-state index in [0.717, 1.165) is 0 Å². The Morgan fingerprint density at radius 2 is 1.40 bits per heavy atom. The molecular weight excluding hydrogens is 343 g/mol. The van der Waals surface area contributed by atoms with Crippen LogP contribution in [-0.4, -0.2) is 12.3 Å². The van der Waals surface area contributed by atoms with Crippen molar-refractivity contribution in [3.05, 3.63) is 72.8 Å². The van der Waals surface area contributed by atoms with Crippen molar-refractivity contribution in [3.8, 4) is 11.5 Å². The van der Waals surface area contributed by atoms with Gasteiger partial charge < -0.3 is 13.8 Å². The fraction of sp³-hybridized carbons (Fsp3) is 0.167. The monoisotopic (exact) mass is 362 g/mol. The van der Waals surface area contributed by atoms with Crippen molar-refractivity contribution in [2.75, 3.05) is 0 Å².